The highest BCUT2D eigenvalue weighted by atomic mass is 16.5. The van der Waals surface area contributed by atoms with Crippen LogP contribution in [0.4, 0.5) is 0 Å². The third-order valence-corrected chi connectivity index (χ3v) is 7.97. The predicted molar refractivity (Wildman–Crippen MR) is 167 cm³/mol. The van der Waals surface area contributed by atoms with Crippen molar-refractivity contribution < 1.29 is 24.2 Å². The van der Waals surface area contributed by atoms with Crippen molar-refractivity contribution >= 4 is 22.7 Å². The molecule has 0 aliphatic rings. The number of aliphatic hydroxyl groups is 1. The third-order valence-electron chi connectivity index (χ3n) is 7.97. The van der Waals surface area contributed by atoms with E-state index in [-0.39, 0.29) is 30.2 Å². The van der Waals surface area contributed by atoms with Crippen LogP contribution in [0.2, 0.25) is 0 Å². The summed E-state index contributed by atoms with van der Waals surface area (Å²) in [6.45, 7) is 9.49. The predicted octanol–water partition coefficient (Wildman–Crippen LogP) is 4.15. The molecule has 3 rings (SSSR count). The monoisotopic (exact) mass is 580 g/mol. The number of para-hydroxylation sites is 2. The van der Waals surface area contributed by atoms with Crippen LogP contribution in [0.15, 0.2) is 54.7 Å². The van der Waals surface area contributed by atoms with Crippen molar-refractivity contribution in [2.45, 2.75) is 64.5 Å². The van der Waals surface area contributed by atoms with E-state index < -0.39 is 17.6 Å². The number of H-pyrrole nitrogens is 1. The lowest BCUT2D eigenvalue weighted by Crippen LogP contribution is -2.49. The van der Waals surface area contributed by atoms with Gasteiger partial charge in [0.15, 0.2) is 0 Å². The van der Waals surface area contributed by atoms with Crippen molar-refractivity contribution in [2.24, 2.45) is 17.6 Å². The second-order valence-electron chi connectivity index (χ2n) is 11.8. The van der Waals surface area contributed by atoms with Crippen molar-refractivity contribution in [3.63, 3.8) is 0 Å². The highest BCUT2D eigenvalue weighted by Crippen LogP contribution is 2.30. The van der Waals surface area contributed by atoms with Crippen molar-refractivity contribution in [3.05, 3.63) is 65.9 Å². The van der Waals surface area contributed by atoms with Crippen molar-refractivity contribution in [1.29, 1.82) is 0 Å². The molecular formula is C33H48N4O5. The zero-order valence-electron chi connectivity index (χ0n) is 25.6. The van der Waals surface area contributed by atoms with E-state index in [1.807, 2.05) is 56.4 Å². The van der Waals surface area contributed by atoms with Crippen molar-refractivity contribution in [1.82, 2.24) is 15.6 Å². The first kappa shape index (κ1) is 33.1. The van der Waals surface area contributed by atoms with E-state index in [4.69, 9.17) is 15.2 Å². The molecule has 3 unspecified atom stereocenters. The molecule has 9 nitrogen and oxygen atoms in total. The Labute approximate surface area is 249 Å². The molecule has 0 fully saturated rings. The molecule has 42 heavy (non-hydrogen) atoms. The van der Waals surface area contributed by atoms with E-state index in [9.17, 15) is 14.7 Å². The van der Waals surface area contributed by atoms with Crippen LogP contribution in [-0.2, 0) is 14.9 Å². The number of aliphatic hydroxyl groups excluding tert-OH is 1. The van der Waals surface area contributed by atoms with Crippen LogP contribution in [0.1, 0.15) is 62.9 Å². The number of hydrogen-bond acceptors (Lipinski definition) is 6. The van der Waals surface area contributed by atoms with E-state index in [2.05, 4.69) is 29.5 Å². The average molecular weight is 581 g/mol. The number of carbonyl (C=O) groups is 2. The lowest BCUT2D eigenvalue weighted by Gasteiger charge is -2.29. The standard InChI is InChI=1S/C33H48N4O5/c1-22(2)23(19-36-31(39)25-13-7-9-15-30(25)42-17-11-10-16-41-5)18-27(34)29(38)21-37-32(40)33(3,4)26-20-35-28-14-8-6-12-24(26)28/h6-9,12-15,20,22-23,27,29,35,38H,10-11,16-19,21,34H2,1-5H3,(H,36,39)(H,37,40). The number of fused-ring (bicyclic) bond motifs is 1. The smallest absolute Gasteiger partial charge is 0.255 e. The van der Waals surface area contributed by atoms with Crippen LogP contribution in [0.5, 0.6) is 5.75 Å². The summed E-state index contributed by atoms with van der Waals surface area (Å²) in [4.78, 5) is 29.5. The SMILES string of the molecule is COCCCCOc1ccccc1C(=O)NCC(CC(N)C(O)CNC(=O)C(C)(C)c1c[nH]c2ccccc12)C(C)C. The number of carbonyl (C=O) groups excluding carboxylic acids is 2. The van der Waals surface area contributed by atoms with Crippen LogP contribution < -0.4 is 21.1 Å². The molecule has 2 amide bonds. The fourth-order valence-electron chi connectivity index (χ4n) is 5.01. The molecule has 1 aromatic heterocycles. The number of methoxy groups -OCH3 is 1. The number of benzene rings is 2. The molecule has 3 atom stereocenters. The lowest BCUT2D eigenvalue weighted by molar-refractivity contribution is -0.126. The van der Waals surface area contributed by atoms with E-state index in [0.29, 0.717) is 37.5 Å². The third kappa shape index (κ3) is 8.80. The van der Waals surface area contributed by atoms with Gasteiger partial charge in [0.05, 0.1) is 23.7 Å². The van der Waals surface area contributed by atoms with Crippen LogP contribution in [-0.4, -0.2) is 67.5 Å². The Kier molecular flexibility index (Phi) is 12.4. The van der Waals surface area contributed by atoms with Crippen LogP contribution in [0.3, 0.4) is 0 Å². The second kappa shape index (κ2) is 15.7. The van der Waals surface area contributed by atoms with Gasteiger partial charge in [0, 0.05) is 49.9 Å². The van der Waals surface area contributed by atoms with Crippen molar-refractivity contribution in [2.75, 3.05) is 33.4 Å². The molecule has 0 aliphatic carbocycles. The molecule has 6 N–H and O–H groups in total. The summed E-state index contributed by atoms with van der Waals surface area (Å²) in [6, 6.07) is 14.5. The molecule has 0 saturated heterocycles. The fraction of sp³-hybridized carbons (Fsp3) is 0.515. The first-order valence-corrected chi connectivity index (χ1v) is 14.8. The lowest BCUT2D eigenvalue weighted by atomic mass is 9.83. The molecule has 9 heteroatoms. The Morgan fingerprint density at radius 2 is 1.69 bits per heavy atom. The van der Waals surface area contributed by atoms with Gasteiger partial charge >= 0.3 is 0 Å². The van der Waals surface area contributed by atoms with Gasteiger partial charge < -0.3 is 35.9 Å². The van der Waals surface area contributed by atoms with E-state index >= 15 is 0 Å². The number of aromatic nitrogens is 1. The molecule has 3 aromatic rings. The Morgan fingerprint density at radius 1 is 1.00 bits per heavy atom. The minimum Gasteiger partial charge on any atom is -0.493 e. The number of aromatic amines is 1. The molecule has 0 saturated carbocycles. The maximum absolute atomic E-state index is 13.2. The maximum Gasteiger partial charge on any atom is 0.255 e. The molecule has 0 spiro atoms. The average Bonchev–Trinajstić information content (AvgIpc) is 3.42. The summed E-state index contributed by atoms with van der Waals surface area (Å²) < 4.78 is 10.9. The maximum atomic E-state index is 13.2. The molecular weight excluding hydrogens is 532 g/mol. The highest BCUT2D eigenvalue weighted by molar-refractivity contribution is 5.97. The molecule has 0 aliphatic heterocycles. The summed E-state index contributed by atoms with van der Waals surface area (Å²) in [5.41, 5.74) is 7.94. The van der Waals surface area contributed by atoms with E-state index in [1.165, 1.54) is 0 Å². The van der Waals surface area contributed by atoms with Crippen LogP contribution >= 0.6 is 0 Å². The number of ether oxygens (including phenoxy) is 2. The number of rotatable bonds is 17. The van der Waals surface area contributed by atoms with Gasteiger partial charge in [-0.1, -0.05) is 44.2 Å². The molecule has 0 bridgehead atoms. The second-order valence-corrected chi connectivity index (χ2v) is 11.8. The topological polar surface area (TPSA) is 139 Å². The number of unbranched alkanes of at least 4 members (excludes halogenated alkanes) is 1. The summed E-state index contributed by atoms with van der Waals surface area (Å²) in [5, 5.41) is 17.7. The van der Waals surface area contributed by atoms with Gasteiger partial charge in [0.25, 0.3) is 5.91 Å². The minimum atomic E-state index is -0.933. The largest absolute Gasteiger partial charge is 0.493 e. The summed E-state index contributed by atoms with van der Waals surface area (Å²) in [5.74, 6) is 0.386. The van der Waals surface area contributed by atoms with Gasteiger partial charge in [-0.3, -0.25) is 9.59 Å². The van der Waals surface area contributed by atoms with Gasteiger partial charge in [0.2, 0.25) is 5.91 Å². The van der Waals surface area contributed by atoms with Crippen molar-refractivity contribution in [3.8, 4) is 5.75 Å². The zero-order chi connectivity index (χ0) is 30.7. The summed E-state index contributed by atoms with van der Waals surface area (Å²) >= 11 is 0. The first-order chi connectivity index (χ1) is 20.1. The van der Waals surface area contributed by atoms with Gasteiger partial charge in [0.1, 0.15) is 5.75 Å². The minimum absolute atomic E-state index is 0.0269. The Morgan fingerprint density at radius 3 is 2.43 bits per heavy atom. The number of nitrogens with two attached hydrogens (primary N) is 1. The van der Waals surface area contributed by atoms with Gasteiger partial charge in [-0.05, 0) is 68.7 Å². The molecule has 2 aromatic carbocycles. The number of hydrogen-bond donors (Lipinski definition) is 5. The van der Waals surface area contributed by atoms with E-state index in [0.717, 1.165) is 29.3 Å². The zero-order valence-corrected chi connectivity index (χ0v) is 25.6. The Balaban J connectivity index is 1.52. The molecule has 230 valence electrons. The van der Waals surface area contributed by atoms with Crippen LogP contribution in [0, 0.1) is 11.8 Å². The normalized spacial score (nSPS) is 14.0. The summed E-state index contributed by atoms with van der Waals surface area (Å²) in [7, 11) is 1.67. The van der Waals surface area contributed by atoms with Gasteiger partial charge in [-0.2, -0.15) is 0 Å². The van der Waals surface area contributed by atoms with Gasteiger partial charge in [-0.25, -0.2) is 0 Å². The number of nitrogens with one attached hydrogen (secondary N) is 3. The van der Waals surface area contributed by atoms with Crippen LogP contribution in [0.25, 0.3) is 10.9 Å². The first-order valence-electron chi connectivity index (χ1n) is 14.8. The molecule has 1 heterocycles. The number of amides is 2. The Hall–Kier alpha value is -3.40. The van der Waals surface area contributed by atoms with Gasteiger partial charge in [-0.15, -0.1) is 0 Å². The Bertz CT molecular complexity index is 1290. The molecule has 0 radical (unpaired) electrons. The summed E-state index contributed by atoms with van der Waals surface area (Å²) in [6.07, 6.45) is 3.13. The fourth-order valence-corrected chi connectivity index (χ4v) is 5.01. The highest BCUT2D eigenvalue weighted by Gasteiger charge is 2.33. The quantitative estimate of drug-likeness (QED) is 0.152. The van der Waals surface area contributed by atoms with E-state index in [1.54, 1.807) is 19.2 Å².